The Kier molecular flexibility index (Phi) is 3.71. The van der Waals surface area contributed by atoms with Crippen molar-refractivity contribution in [2.75, 3.05) is 13.1 Å². The van der Waals surface area contributed by atoms with E-state index >= 15 is 0 Å². The lowest BCUT2D eigenvalue weighted by Gasteiger charge is -2.38. The average Bonchev–Trinajstić information content (AvgIpc) is 2.80. The van der Waals surface area contributed by atoms with E-state index in [1.165, 1.54) is 17.4 Å². The highest BCUT2D eigenvalue weighted by atomic mass is 32.1. The first-order chi connectivity index (χ1) is 10.0. The van der Waals surface area contributed by atoms with Gasteiger partial charge in [-0.15, -0.1) is 11.3 Å². The molecule has 3 nitrogen and oxygen atoms in total. The van der Waals surface area contributed by atoms with Crippen molar-refractivity contribution >= 4 is 27.3 Å². The number of halogens is 1. The number of hydrogen-bond donors (Lipinski definition) is 1. The summed E-state index contributed by atoms with van der Waals surface area (Å²) in [6.45, 7) is 7.47. The molecule has 1 amide bonds. The first-order valence-electron chi connectivity index (χ1n) is 7.22. The molecule has 1 aliphatic heterocycles. The number of amides is 1. The van der Waals surface area contributed by atoms with E-state index in [1.807, 2.05) is 17.9 Å². The van der Waals surface area contributed by atoms with Gasteiger partial charge in [0.1, 0.15) is 5.82 Å². The lowest BCUT2D eigenvalue weighted by Crippen LogP contribution is -2.57. The number of carbonyl (C=O) groups is 1. The number of hydrogen-bond acceptors (Lipinski definition) is 3. The van der Waals surface area contributed by atoms with Crippen LogP contribution in [-0.2, 0) is 0 Å². The number of thiophene rings is 1. The molecule has 2 unspecified atom stereocenters. The molecule has 5 heteroatoms. The van der Waals surface area contributed by atoms with Gasteiger partial charge in [0.05, 0.1) is 4.88 Å². The van der Waals surface area contributed by atoms with Crippen molar-refractivity contribution in [3.05, 3.63) is 34.5 Å². The largest absolute Gasteiger partial charge is 0.332 e. The molecule has 2 heterocycles. The van der Waals surface area contributed by atoms with Crippen LogP contribution in [0.25, 0.3) is 10.1 Å². The van der Waals surface area contributed by atoms with Gasteiger partial charge in [0, 0.05) is 35.3 Å². The Hall–Kier alpha value is -1.46. The van der Waals surface area contributed by atoms with E-state index in [1.54, 1.807) is 6.07 Å². The van der Waals surface area contributed by atoms with Crippen molar-refractivity contribution in [2.24, 2.45) is 0 Å². The summed E-state index contributed by atoms with van der Waals surface area (Å²) in [5.41, 5.74) is 0.761. The first kappa shape index (κ1) is 14.5. The Morgan fingerprint density at radius 3 is 2.90 bits per heavy atom. The van der Waals surface area contributed by atoms with Crippen LogP contribution in [0.2, 0.25) is 0 Å². The normalized spacial score (nSPS) is 22.8. The van der Waals surface area contributed by atoms with Crippen LogP contribution >= 0.6 is 11.3 Å². The smallest absolute Gasteiger partial charge is 0.264 e. The molecule has 2 aromatic rings. The molecule has 1 N–H and O–H groups in total. The van der Waals surface area contributed by atoms with Crippen LogP contribution in [0, 0.1) is 12.7 Å². The average molecular weight is 306 g/mol. The summed E-state index contributed by atoms with van der Waals surface area (Å²) >= 11 is 1.39. The van der Waals surface area contributed by atoms with Crippen LogP contribution < -0.4 is 5.32 Å². The molecule has 0 spiro atoms. The van der Waals surface area contributed by atoms with Crippen molar-refractivity contribution in [3.8, 4) is 0 Å². The topological polar surface area (TPSA) is 32.3 Å². The Morgan fingerprint density at radius 2 is 2.19 bits per heavy atom. The van der Waals surface area contributed by atoms with Crippen LogP contribution in [0.4, 0.5) is 4.39 Å². The van der Waals surface area contributed by atoms with Gasteiger partial charge < -0.3 is 10.2 Å². The van der Waals surface area contributed by atoms with E-state index in [4.69, 9.17) is 0 Å². The Balaban J connectivity index is 2.02. The van der Waals surface area contributed by atoms with E-state index in [9.17, 15) is 9.18 Å². The predicted octanol–water partition coefficient (Wildman–Crippen LogP) is 3.17. The van der Waals surface area contributed by atoms with Gasteiger partial charge in [-0.25, -0.2) is 4.39 Å². The summed E-state index contributed by atoms with van der Waals surface area (Å²) in [7, 11) is 0. The molecule has 0 radical (unpaired) electrons. The third-order valence-electron chi connectivity index (χ3n) is 4.39. The molecule has 112 valence electrons. The van der Waals surface area contributed by atoms with Crippen LogP contribution in [-0.4, -0.2) is 36.0 Å². The van der Waals surface area contributed by atoms with E-state index in [0.717, 1.165) is 16.8 Å². The lowest BCUT2D eigenvalue weighted by molar-refractivity contribution is 0.0607. The van der Waals surface area contributed by atoms with Gasteiger partial charge >= 0.3 is 0 Å². The summed E-state index contributed by atoms with van der Waals surface area (Å²) in [5.74, 6) is -0.226. The minimum Gasteiger partial charge on any atom is -0.332 e. The van der Waals surface area contributed by atoms with E-state index in [0.29, 0.717) is 16.8 Å². The van der Waals surface area contributed by atoms with Crippen LogP contribution in [0.15, 0.2) is 18.2 Å². The highest BCUT2D eigenvalue weighted by Gasteiger charge is 2.31. The molecule has 1 saturated heterocycles. The van der Waals surface area contributed by atoms with E-state index in [2.05, 4.69) is 19.2 Å². The second-order valence-electron chi connectivity index (χ2n) is 5.65. The fourth-order valence-corrected chi connectivity index (χ4v) is 4.11. The Labute approximate surface area is 127 Å². The molecular formula is C16H19FN2OS. The van der Waals surface area contributed by atoms with Gasteiger partial charge in [0.15, 0.2) is 0 Å². The summed E-state index contributed by atoms with van der Waals surface area (Å²) in [6.07, 6.45) is 0. The summed E-state index contributed by atoms with van der Waals surface area (Å²) in [6, 6.07) is 5.43. The molecule has 0 bridgehead atoms. The van der Waals surface area contributed by atoms with Crippen molar-refractivity contribution < 1.29 is 9.18 Å². The van der Waals surface area contributed by atoms with Crippen LogP contribution in [0.1, 0.15) is 29.1 Å². The maximum absolute atomic E-state index is 14.0. The molecule has 21 heavy (non-hydrogen) atoms. The van der Waals surface area contributed by atoms with Gasteiger partial charge in [0.25, 0.3) is 5.91 Å². The zero-order chi connectivity index (χ0) is 15.1. The maximum atomic E-state index is 14.0. The second kappa shape index (κ2) is 5.39. The summed E-state index contributed by atoms with van der Waals surface area (Å²) in [4.78, 5) is 15.4. The van der Waals surface area contributed by atoms with Gasteiger partial charge in [0.2, 0.25) is 0 Å². The number of fused-ring (bicyclic) bond motifs is 1. The lowest BCUT2D eigenvalue weighted by atomic mass is 10.1. The SMILES string of the molecule is Cc1c(C(=O)N2CCNC(C)C2C)sc2cccc(F)c12. The van der Waals surface area contributed by atoms with Crippen molar-refractivity contribution in [2.45, 2.75) is 32.9 Å². The highest BCUT2D eigenvalue weighted by molar-refractivity contribution is 7.21. The Bertz CT molecular complexity index is 697. The van der Waals surface area contributed by atoms with Crippen LogP contribution in [0.5, 0.6) is 0 Å². The number of benzene rings is 1. The van der Waals surface area contributed by atoms with Crippen molar-refractivity contribution in [1.29, 1.82) is 0 Å². The molecule has 0 saturated carbocycles. The fourth-order valence-electron chi connectivity index (χ4n) is 2.93. The molecule has 0 aliphatic carbocycles. The van der Waals surface area contributed by atoms with Gasteiger partial charge in [-0.1, -0.05) is 6.07 Å². The number of carbonyl (C=O) groups excluding carboxylic acids is 1. The number of nitrogens with zero attached hydrogens (tertiary/aromatic N) is 1. The standard InChI is InChI=1S/C16H19FN2OS/c1-9-14-12(17)5-4-6-13(14)21-15(9)16(20)19-8-7-18-10(2)11(19)3/h4-6,10-11,18H,7-8H2,1-3H3. The fraction of sp³-hybridized carbons (Fsp3) is 0.438. The quantitative estimate of drug-likeness (QED) is 0.877. The molecular weight excluding hydrogens is 287 g/mol. The molecule has 1 aliphatic rings. The van der Waals surface area contributed by atoms with Crippen LogP contribution in [0.3, 0.4) is 0 Å². The minimum absolute atomic E-state index is 0.0222. The number of nitrogens with one attached hydrogen (secondary N) is 1. The molecule has 2 atom stereocenters. The third kappa shape index (κ3) is 2.34. The van der Waals surface area contributed by atoms with E-state index in [-0.39, 0.29) is 23.8 Å². The zero-order valence-corrected chi connectivity index (χ0v) is 13.3. The Morgan fingerprint density at radius 1 is 1.43 bits per heavy atom. The summed E-state index contributed by atoms with van der Waals surface area (Å²) < 4.78 is 14.8. The predicted molar refractivity (Wildman–Crippen MR) is 84.5 cm³/mol. The monoisotopic (exact) mass is 306 g/mol. The van der Waals surface area contributed by atoms with Crippen molar-refractivity contribution in [1.82, 2.24) is 10.2 Å². The minimum atomic E-state index is -0.248. The number of piperazine rings is 1. The molecule has 3 rings (SSSR count). The molecule has 1 aromatic heterocycles. The first-order valence-corrected chi connectivity index (χ1v) is 8.04. The van der Waals surface area contributed by atoms with Gasteiger partial charge in [-0.2, -0.15) is 0 Å². The zero-order valence-electron chi connectivity index (χ0n) is 12.4. The van der Waals surface area contributed by atoms with Gasteiger partial charge in [-0.3, -0.25) is 4.79 Å². The second-order valence-corrected chi connectivity index (χ2v) is 6.70. The molecule has 1 fully saturated rings. The third-order valence-corrected chi connectivity index (χ3v) is 5.64. The van der Waals surface area contributed by atoms with Crippen molar-refractivity contribution in [3.63, 3.8) is 0 Å². The number of aryl methyl sites for hydroxylation is 1. The summed E-state index contributed by atoms with van der Waals surface area (Å²) in [5, 5.41) is 3.95. The molecule has 1 aromatic carbocycles. The highest BCUT2D eigenvalue weighted by Crippen LogP contribution is 2.33. The van der Waals surface area contributed by atoms with Gasteiger partial charge in [-0.05, 0) is 38.5 Å². The maximum Gasteiger partial charge on any atom is 0.264 e. The number of rotatable bonds is 1. The van der Waals surface area contributed by atoms with E-state index < -0.39 is 0 Å².